The molecule has 2 atom stereocenters. The van der Waals surface area contributed by atoms with E-state index in [0.29, 0.717) is 12.1 Å². The number of halogens is 1. The van der Waals surface area contributed by atoms with Gasteiger partial charge in [0.05, 0.1) is 0 Å². The van der Waals surface area contributed by atoms with Crippen molar-refractivity contribution in [3.8, 4) is 0 Å². The predicted molar refractivity (Wildman–Crippen MR) is 85.7 cm³/mol. The Hall–Kier alpha value is -1.06. The highest BCUT2D eigenvalue weighted by Gasteiger charge is 2.29. The minimum absolute atomic E-state index is 0.262. The zero-order chi connectivity index (χ0) is 15.2. The van der Waals surface area contributed by atoms with Gasteiger partial charge in [-0.05, 0) is 49.9 Å². The molecule has 0 aromatic heterocycles. The van der Waals surface area contributed by atoms with E-state index >= 15 is 0 Å². The predicted octanol–water partition coefficient (Wildman–Crippen LogP) is 4.51. The van der Waals surface area contributed by atoms with Gasteiger partial charge in [-0.3, -0.25) is 9.69 Å². The maximum Gasteiger partial charge on any atom is 0.303 e. The first-order valence-electron chi connectivity index (χ1n) is 7.84. The lowest BCUT2D eigenvalue weighted by molar-refractivity contribution is -0.137. The van der Waals surface area contributed by atoms with Gasteiger partial charge in [-0.2, -0.15) is 0 Å². The molecule has 0 saturated carbocycles. The zero-order valence-electron chi connectivity index (χ0n) is 12.6. The number of nitrogens with zero attached hydrogens (tertiary/aromatic N) is 1. The number of carboxylic acids is 1. The number of carbonyl (C=O) groups is 1. The fourth-order valence-electron chi connectivity index (χ4n) is 3.38. The van der Waals surface area contributed by atoms with Crippen LogP contribution in [0.15, 0.2) is 24.3 Å². The SMILES string of the molecule is CCC(c1ccc(Cl)cc1)N1CCCCC1CCC(=O)O. The van der Waals surface area contributed by atoms with Gasteiger partial charge in [-0.1, -0.05) is 37.1 Å². The van der Waals surface area contributed by atoms with Crippen molar-refractivity contribution >= 4 is 17.6 Å². The van der Waals surface area contributed by atoms with Gasteiger partial charge in [0.2, 0.25) is 0 Å². The van der Waals surface area contributed by atoms with E-state index in [1.165, 1.54) is 18.4 Å². The number of piperidine rings is 1. The van der Waals surface area contributed by atoms with Crippen LogP contribution >= 0.6 is 11.6 Å². The van der Waals surface area contributed by atoms with E-state index in [9.17, 15) is 4.79 Å². The molecule has 3 nitrogen and oxygen atoms in total. The van der Waals surface area contributed by atoms with Crippen LogP contribution in [0, 0.1) is 0 Å². The average molecular weight is 310 g/mol. The topological polar surface area (TPSA) is 40.5 Å². The maximum atomic E-state index is 10.9. The number of carboxylic acid groups (broad SMARTS) is 1. The van der Waals surface area contributed by atoms with Gasteiger partial charge < -0.3 is 5.11 Å². The highest BCUT2D eigenvalue weighted by Crippen LogP contribution is 2.33. The van der Waals surface area contributed by atoms with Gasteiger partial charge in [0, 0.05) is 23.5 Å². The summed E-state index contributed by atoms with van der Waals surface area (Å²) in [6.07, 6.45) is 5.56. The minimum atomic E-state index is -0.694. The Kier molecular flexibility index (Phi) is 6.07. The van der Waals surface area contributed by atoms with E-state index in [2.05, 4.69) is 24.0 Å². The largest absolute Gasteiger partial charge is 0.481 e. The highest BCUT2D eigenvalue weighted by atomic mass is 35.5. The Balaban J connectivity index is 2.12. The number of rotatable bonds is 6. The third-order valence-corrected chi connectivity index (χ3v) is 4.66. The molecule has 1 N–H and O–H groups in total. The second kappa shape index (κ2) is 7.81. The summed E-state index contributed by atoms with van der Waals surface area (Å²) in [7, 11) is 0. The molecular formula is C17H24ClNO2. The van der Waals surface area contributed by atoms with Gasteiger partial charge in [0.25, 0.3) is 0 Å². The molecule has 1 aliphatic rings. The van der Waals surface area contributed by atoms with Crippen LogP contribution in [-0.2, 0) is 4.79 Å². The lowest BCUT2D eigenvalue weighted by Gasteiger charge is -2.41. The van der Waals surface area contributed by atoms with Crippen LogP contribution in [0.1, 0.15) is 57.1 Å². The first kappa shape index (κ1) is 16.3. The number of aliphatic carboxylic acids is 1. The van der Waals surface area contributed by atoms with Crippen LogP contribution in [0.4, 0.5) is 0 Å². The van der Waals surface area contributed by atoms with Crippen molar-refractivity contribution in [3.05, 3.63) is 34.9 Å². The summed E-state index contributed by atoms with van der Waals surface area (Å²) in [5.41, 5.74) is 1.28. The highest BCUT2D eigenvalue weighted by molar-refractivity contribution is 6.30. The van der Waals surface area contributed by atoms with Crippen LogP contribution in [0.3, 0.4) is 0 Å². The molecule has 4 heteroatoms. The summed E-state index contributed by atoms with van der Waals surface area (Å²) in [6.45, 7) is 3.26. The molecule has 1 aliphatic heterocycles. The maximum absolute atomic E-state index is 10.9. The van der Waals surface area contributed by atoms with Crippen molar-refractivity contribution in [2.75, 3.05) is 6.54 Å². The summed E-state index contributed by atoms with van der Waals surface area (Å²) >= 11 is 5.98. The second-order valence-electron chi connectivity index (χ2n) is 5.80. The Morgan fingerprint density at radius 2 is 2.10 bits per heavy atom. The van der Waals surface area contributed by atoms with Gasteiger partial charge in [-0.25, -0.2) is 0 Å². The van der Waals surface area contributed by atoms with Gasteiger partial charge in [0.1, 0.15) is 0 Å². The molecule has 1 heterocycles. The first-order valence-corrected chi connectivity index (χ1v) is 8.22. The molecule has 2 rings (SSSR count). The molecule has 1 aromatic carbocycles. The van der Waals surface area contributed by atoms with E-state index in [0.717, 1.165) is 30.8 Å². The molecule has 0 amide bonds. The van der Waals surface area contributed by atoms with Crippen LogP contribution in [0.25, 0.3) is 0 Å². The molecule has 0 bridgehead atoms. The third-order valence-electron chi connectivity index (χ3n) is 4.41. The van der Waals surface area contributed by atoms with Crippen molar-refractivity contribution < 1.29 is 9.90 Å². The Morgan fingerprint density at radius 1 is 1.38 bits per heavy atom. The Bertz CT molecular complexity index is 460. The van der Waals surface area contributed by atoms with Crippen molar-refractivity contribution in [2.45, 2.75) is 57.5 Å². The summed E-state index contributed by atoms with van der Waals surface area (Å²) in [4.78, 5) is 13.4. The van der Waals surface area contributed by atoms with E-state index in [4.69, 9.17) is 16.7 Å². The number of likely N-dealkylation sites (tertiary alicyclic amines) is 1. The number of hydrogen-bond acceptors (Lipinski definition) is 2. The summed E-state index contributed by atoms with van der Waals surface area (Å²) < 4.78 is 0. The molecule has 1 saturated heterocycles. The van der Waals surface area contributed by atoms with Crippen LogP contribution in [-0.4, -0.2) is 28.6 Å². The standard InChI is InChI=1S/C17H24ClNO2/c1-2-16(13-6-8-14(18)9-7-13)19-12-4-3-5-15(19)10-11-17(20)21/h6-9,15-16H,2-5,10-12H2,1H3,(H,20,21). The minimum Gasteiger partial charge on any atom is -0.481 e. The second-order valence-corrected chi connectivity index (χ2v) is 6.23. The first-order chi connectivity index (χ1) is 10.1. The van der Waals surface area contributed by atoms with Gasteiger partial charge in [0.15, 0.2) is 0 Å². The third kappa shape index (κ3) is 4.45. The molecule has 0 aliphatic carbocycles. The molecule has 0 radical (unpaired) electrons. The Labute approximate surface area is 131 Å². The molecule has 116 valence electrons. The van der Waals surface area contributed by atoms with Crippen LogP contribution in [0.5, 0.6) is 0 Å². The van der Waals surface area contributed by atoms with E-state index in [-0.39, 0.29) is 6.42 Å². The van der Waals surface area contributed by atoms with E-state index in [1.54, 1.807) is 0 Å². The Morgan fingerprint density at radius 3 is 2.71 bits per heavy atom. The fourth-order valence-corrected chi connectivity index (χ4v) is 3.51. The molecule has 2 unspecified atom stereocenters. The molecular weight excluding hydrogens is 286 g/mol. The summed E-state index contributed by atoms with van der Waals surface area (Å²) in [6, 6.07) is 8.82. The van der Waals surface area contributed by atoms with Crippen molar-refractivity contribution in [2.24, 2.45) is 0 Å². The normalized spacial score (nSPS) is 21.1. The summed E-state index contributed by atoms with van der Waals surface area (Å²) in [5, 5.41) is 9.70. The zero-order valence-corrected chi connectivity index (χ0v) is 13.4. The van der Waals surface area contributed by atoms with Crippen LogP contribution < -0.4 is 0 Å². The molecule has 1 aromatic rings. The molecule has 21 heavy (non-hydrogen) atoms. The number of benzene rings is 1. The molecule has 1 fully saturated rings. The van der Waals surface area contributed by atoms with Gasteiger partial charge in [-0.15, -0.1) is 0 Å². The van der Waals surface area contributed by atoms with Crippen LogP contribution in [0.2, 0.25) is 5.02 Å². The lowest BCUT2D eigenvalue weighted by Crippen LogP contribution is -2.42. The van der Waals surface area contributed by atoms with Crippen molar-refractivity contribution in [3.63, 3.8) is 0 Å². The fraction of sp³-hybridized carbons (Fsp3) is 0.588. The average Bonchev–Trinajstić information content (AvgIpc) is 2.49. The van der Waals surface area contributed by atoms with E-state index < -0.39 is 5.97 Å². The number of hydrogen-bond donors (Lipinski definition) is 1. The summed E-state index contributed by atoms with van der Waals surface area (Å²) in [5.74, 6) is -0.694. The van der Waals surface area contributed by atoms with Crippen molar-refractivity contribution in [1.82, 2.24) is 4.90 Å². The van der Waals surface area contributed by atoms with Gasteiger partial charge >= 0.3 is 5.97 Å². The quantitative estimate of drug-likeness (QED) is 0.840. The smallest absolute Gasteiger partial charge is 0.303 e. The molecule has 0 spiro atoms. The lowest BCUT2D eigenvalue weighted by atomic mass is 9.92. The monoisotopic (exact) mass is 309 g/mol. The van der Waals surface area contributed by atoms with Crippen molar-refractivity contribution in [1.29, 1.82) is 0 Å². The van der Waals surface area contributed by atoms with E-state index in [1.807, 2.05) is 12.1 Å².